The molecule has 2 saturated heterocycles. The average Bonchev–Trinajstić information content (AvgIpc) is 3.13. The molecule has 2 heterocycles. The van der Waals surface area contributed by atoms with Crippen LogP contribution in [0, 0.1) is 11.8 Å². The van der Waals surface area contributed by atoms with Crippen molar-refractivity contribution in [3.63, 3.8) is 0 Å². The van der Waals surface area contributed by atoms with Crippen LogP contribution in [-0.2, 0) is 14.3 Å². The van der Waals surface area contributed by atoms with Gasteiger partial charge in [-0.05, 0) is 46.5 Å². The van der Waals surface area contributed by atoms with Crippen LogP contribution < -0.4 is 0 Å². The number of hydrogen-bond acceptors (Lipinski definition) is 4. The maximum atomic E-state index is 12.3. The van der Waals surface area contributed by atoms with Gasteiger partial charge in [0.2, 0.25) is 0 Å². The van der Waals surface area contributed by atoms with Crippen LogP contribution in [0.4, 0.5) is 0 Å². The van der Waals surface area contributed by atoms with E-state index in [1.165, 1.54) is 0 Å². The molecule has 2 aliphatic heterocycles. The molecule has 24 heavy (non-hydrogen) atoms. The zero-order valence-corrected chi connectivity index (χ0v) is 14.9. The van der Waals surface area contributed by atoms with Gasteiger partial charge < -0.3 is 14.6 Å². The molecule has 1 saturated carbocycles. The summed E-state index contributed by atoms with van der Waals surface area (Å²) < 4.78 is 11.3. The van der Waals surface area contributed by atoms with Gasteiger partial charge in [-0.3, -0.25) is 0 Å². The summed E-state index contributed by atoms with van der Waals surface area (Å²) in [4.78, 5) is 12.3. The van der Waals surface area contributed by atoms with E-state index in [1.807, 2.05) is 0 Å². The first kappa shape index (κ1) is 17.4. The van der Waals surface area contributed by atoms with Crippen molar-refractivity contribution >= 4 is 5.97 Å². The first-order valence-electron chi connectivity index (χ1n) is 8.84. The number of allylic oxidation sites excluding steroid dienone is 2. The van der Waals surface area contributed by atoms with Gasteiger partial charge in [-0.2, -0.15) is 0 Å². The van der Waals surface area contributed by atoms with Crippen LogP contribution in [0.5, 0.6) is 0 Å². The standard InChI is InChI=1S/C20H28O4/c1-13-7-8-17-20(4,24-17)11-9-14-15(6-5-10-19(2,3)22)18(21)23-12-16(13)14/h5-6,10,14,16-17,22H,1,7-9,11-12H2,2-4H3/b10-5+,15-6+/t14-,16+,17+,20+/m1/s1. The van der Waals surface area contributed by atoms with E-state index in [4.69, 9.17) is 9.47 Å². The normalized spacial score (nSPS) is 38.8. The van der Waals surface area contributed by atoms with E-state index in [-0.39, 0.29) is 23.4 Å². The van der Waals surface area contributed by atoms with Gasteiger partial charge in [0, 0.05) is 17.4 Å². The lowest BCUT2D eigenvalue weighted by atomic mass is 9.76. The lowest BCUT2D eigenvalue weighted by Gasteiger charge is -2.34. The van der Waals surface area contributed by atoms with Crippen LogP contribution in [-0.4, -0.2) is 35.0 Å². The molecule has 1 aliphatic carbocycles. The maximum Gasteiger partial charge on any atom is 0.334 e. The molecule has 0 aromatic heterocycles. The largest absolute Gasteiger partial charge is 0.462 e. The zero-order chi connectivity index (χ0) is 17.5. The minimum atomic E-state index is -0.903. The Morgan fingerprint density at radius 3 is 2.79 bits per heavy atom. The Bertz CT molecular complexity index is 595. The summed E-state index contributed by atoms with van der Waals surface area (Å²) in [6, 6.07) is 0. The Balaban J connectivity index is 1.86. The average molecular weight is 332 g/mol. The molecule has 4 atom stereocenters. The third-order valence-electron chi connectivity index (χ3n) is 5.53. The molecular weight excluding hydrogens is 304 g/mol. The van der Waals surface area contributed by atoms with Gasteiger partial charge in [-0.1, -0.05) is 30.4 Å². The van der Waals surface area contributed by atoms with Crippen LogP contribution in [0.15, 0.2) is 36.0 Å². The molecule has 132 valence electrons. The monoisotopic (exact) mass is 332 g/mol. The Labute approximate surface area is 144 Å². The second-order valence-corrected chi connectivity index (χ2v) is 8.10. The summed E-state index contributed by atoms with van der Waals surface area (Å²) in [5.41, 5.74) is 0.907. The van der Waals surface area contributed by atoms with Crippen molar-refractivity contribution in [1.82, 2.24) is 0 Å². The minimum absolute atomic E-state index is 0.0371. The highest BCUT2D eigenvalue weighted by Crippen LogP contribution is 2.49. The zero-order valence-electron chi connectivity index (χ0n) is 14.9. The Kier molecular flexibility index (Phi) is 4.47. The molecule has 1 N–H and O–H groups in total. The smallest absolute Gasteiger partial charge is 0.334 e. The van der Waals surface area contributed by atoms with Gasteiger partial charge in [0.25, 0.3) is 0 Å². The van der Waals surface area contributed by atoms with Crippen LogP contribution in [0.3, 0.4) is 0 Å². The topological polar surface area (TPSA) is 59.1 Å². The SMILES string of the molecule is C=C1CC[C@@H]2O[C@@]2(C)CC[C@@H]2/C(=C\C=C\C(C)(C)O)C(=O)OC[C@@H]12. The van der Waals surface area contributed by atoms with Crippen molar-refractivity contribution in [2.45, 2.75) is 63.8 Å². The predicted molar refractivity (Wildman–Crippen MR) is 92.3 cm³/mol. The highest BCUT2D eigenvalue weighted by Gasteiger charge is 2.53. The summed E-state index contributed by atoms with van der Waals surface area (Å²) in [5.74, 6) is 0.0534. The lowest BCUT2D eigenvalue weighted by Crippen LogP contribution is -2.34. The van der Waals surface area contributed by atoms with E-state index in [0.717, 1.165) is 31.3 Å². The quantitative estimate of drug-likeness (QED) is 0.365. The summed E-state index contributed by atoms with van der Waals surface area (Å²) in [5, 5.41) is 9.82. The number of cyclic esters (lactones) is 1. The Morgan fingerprint density at radius 1 is 1.33 bits per heavy atom. The first-order valence-corrected chi connectivity index (χ1v) is 8.84. The molecule has 3 rings (SSSR count). The molecule has 3 fully saturated rings. The fourth-order valence-corrected chi connectivity index (χ4v) is 3.89. The third kappa shape index (κ3) is 3.65. The summed E-state index contributed by atoms with van der Waals surface area (Å²) in [7, 11) is 0. The number of carbonyl (C=O) groups is 1. The molecule has 0 bridgehead atoms. The highest BCUT2D eigenvalue weighted by atomic mass is 16.6. The number of aliphatic hydroxyl groups is 1. The van der Waals surface area contributed by atoms with Crippen molar-refractivity contribution in [2.24, 2.45) is 11.8 Å². The van der Waals surface area contributed by atoms with E-state index in [1.54, 1.807) is 32.1 Å². The number of rotatable bonds is 2. The van der Waals surface area contributed by atoms with Crippen molar-refractivity contribution in [1.29, 1.82) is 0 Å². The maximum absolute atomic E-state index is 12.3. The van der Waals surface area contributed by atoms with E-state index < -0.39 is 5.60 Å². The number of carbonyl (C=O) groups excluding carboxylic acids is 1. The van der Waals surface area contributed by atoms with E-state index in [9.17, 15) is 9.90 Å². The van der Waals surface area contributed by atoms with E-state index >= 15 is 0 Å². The molecule has 0 radical (unpaired) electrons. The molecule has 0 unspecified atom stereocenters. The molecule has 3 aliphatic rings. The van der Waals surface area contributed by atoms with E-state index in [0.29, 0.717) is 18.3 Å². The molecule has 0 aromatic carbocycles. The molecule has 4 nitrogen and oxygen atoms in total. The second-order valence-electron chi connectivity index (χ2n) is 8.10. The minimum Gasteiger partial charge on any atom is -0.462 e. The number of esters is 1. The first-order chi connectivity index (χ1) is 11.2. The molecule has 0 amide bonds. The predicted octanol–water partition coefficient (Wildman–Crippen LogP) is 3.32. The van der Waals surface area contributed by atoms with Crippen LogP contribution >= 0.6 is 0 Å². The van der Waals surface area contributed by atoms with Gasteiger partial charge in [-0.25, -0.2) is 4.79 Å². The molecule has 4 heteroatoms. The fraction of sp³-hybridized carbons (Fsp3) is 0.650. The number of hydrogen-bond donors (Lipinski definition) is 1. The summed E-state index contributed by atoms with van der Waals surface area (Å²) in [6.07, 6.45) is 9.34. The Hall–Kier alpha value is -1.39. The van der Waals surface area contributed by atoms with Crippen LogP contribution in [0.1, 0.15) is 46.5 Å². The fourth-order valence-electron chi connectivity index (χ4n) is 3.89. The van der Waals surface area contributed by atoms with E-state index in [2.05, 4.69) is 13.5 Å². The number of fused-ring (bicyclic) bond motifs is 2. The van der Waals surface area contributed by atoms with Crippen LogP contribution in [0.2, 0.25) is 0 Å². The van der Waals surface area contributed by atoms with Crippen molar-refractivity contribution in [2.75, 3.05) is 6.61 Å². The second kappa shape index (κ2) is 6.16. The van der Waals surface area contributed by atoms with Gasteiger partial charge in [0.1, 0.15) is 0 Å². The Morgan fingerprint density at radius 2 is 2.08 bits per heavy atom. The summed E-state index contributed by atoms with van der Waals surface area (Å²) in [6.45, 7) is 10.3. The molecular formula is C20H28O4. The lowest BCUT2D eigenvalue weighted by molar-refractivity contribution is -0.144. The van der Waals surface area contributed by atoms with Gasteiger partial charge in [0.15, 0.2) is 0 Å². The summed E-state index contributed by atoms with van der Waals surface area (Å²) >= 11 is 0. The number of epoxide rings is 1. The van der Waals surface area contributed by atoms with Crippen molar-refractivity contribution in [3.8, 4) is 0 Å². The van der Waals surface area contributed by atoms with Crippen molar-refractivity contribution < 1.29 is 19.4 Å². The van der Waals surface area contributed by atoms with Crippen LogP contribution in [0.25, 0.3) is 0 Å². The highest BCUT2D eigenvalue weighted by molar-refractivity contribution is 5.90. The number of ether oxygens (including phenoxy) is 2. The third-order valence-corrected chi connectivity index (χ3v) is 5.53. The molecule has 0 spiro atoms. The molecule has 0 aromatic rings. The van der Waals surface area contributed by atoms with Gasteiger partial charge >= 0.3 is 5.97 Å². The van der Waals surface area contributed by atoms with Gasteiger partial charge in [0.05, 0.1) is 23.9 Å². The van der Waals surface area contributed by atoms with Crippen molar-refractivity contribution in [3.05, 3.63) is 36.0 Å². The van der Waals surface area contributed by atoms with Gasteiger partial charge in [-0.15, -0.1) is 0 Å².